The molecule has 1 N–H and O–H groups in total. The van der Waals surface area contributed by atoms with Crippen molar-refractivity contribution in [1.29, 1.82) is 0 Å². The molecule has 0 aliphatic rings. The second-order valence-corrected chi connectivity index (χ2v) is 6.70. The number of carbonyl (C=O) groups is 1. The van der Waals surface area contributed by atoms with Crippen molar-refractivity contribution >= 4 is 23.2 Å². The van der Waals surface area contributed by atoms with E-state index in [1.165, 1.54) is 0 Å². The summed E-state index contributed by atoms with van der Waals surface area (Å²) in [5, 5.41) is 3.53. The zero-order valence-corrected chi connectivity index (χ0v) is 16.3. The summed E-state index contributed by atoms with van der Waals surface area (Å²) in [6.07, 6.45) is 1.63. The molecule has 29 heavy (non-hydrogen) atoms. The van der Waals surface area contributed by atoms with Gasteiger partial charge in [-0.15, -0.1) is 0 Å². The van der Waals surface area contributed by atoms with Gasteiger partial charge in [0.15, 0.2) is 5.76 Å². The molecule has 1 aromatic heterocycles. The second-order valence-electron chi connectivity index (χ2n) is 6.27. The molecule has 3 aromatic carbocycles. The molecule has 5 nitrogen and oxygen atoms in total. The van der Waals surface area contributed by atoms with Crippen molar-refractivity contribution in [3.05, 3.63) is 89.6 Å². The maximum Gasteiger partial charge on any atom is 0.256 e. The smallest absolute Gasteiger partial charge is 0.256 e. The monoisotopic (exact) mass is 404 g/mol. The van der Waals surface area contributed by atoms with Crippen molar-refractivity contribution in [2.24, 2.45) is 0 Å². The highest BCUT2D eigenvalue weighted by atomic mass is 35.5. The third kappa shape index (κ3) is 4.15. The van der Waals surface area contributed by atoms with Gasteiger partial charge in [0, 0.05) is 27.9 Å². The van der Waals surface area contributed by atoms with Crippen molar-refractivity contribution < 1.29 is 13.9 Å². The van der Waals surface area contributed by atoms with Crippen LogP contribution in [-0.2, 0) is 0 Å². The maximum absolute atomic E-state index is 12.9. The molecule has 0 aliphatic carbocycles. The Hall–Kier alpha value is -3.57. The molecule has 0 bridgehead atoms. The van der Waals surface area contributed by atoms with Gasteiger partial charge in [-0.1, -0.05) is 29.8 Å². The molecule has 4 aromatic rings. The molecule has 1 heterocycles. The van der Waals surface area contributed by atoms with Crippen LogP contribution in [0, 0.1) is 0 Å². The van der Waals surface area contributed by atoms with Crippen LogP contribution in [0.1, 0.15) is 10.4 Å². The maximum atomic E-state index is 12.9. The summed E-state index contributed by atoms with van der Waals surface area (Å²) < 4.78 is 11.1. The highest BCUT2D eigenvalue weighted by molar-refractivity contribution is 6.30. The summed E-state index contributed by atoms with van der Waals surface area (Å²) in [7, 11) is 1.58. The SMILES string of the molecule is COc1cccc(NC(=O)c2ccccc2-c2ncc(-c3ccc(Cl)cc3)o2)c1. The highest BCUT2D eigenvalue weighted by Crippen LogP contribution is 2.29. The molecule has 6 heteroatoms. The summed E-state index contributed by atoms with van der Waals surface area (Å²) >= 11 is 5.94. The lowest BCUT2D eigenvalue weighted by atomic mass is 10.1. The first-order valence-corrected chi connectivity index (χ1v) is 9.28. The van der Waals surface area contributed by atoms with E-state index in [4.69, 9.17) is 20.8 Å². The largest absolute Gasteiger partial charge is 0.497 e. The van der Waals surface area contributed by atoms with Crippen LogP contribution in [0.5, 0.6) is 5.75 Å². The molecule has 1 amide bonds. The fourth-order valence-electron chi connectivity index (χ4n) is 2.91. The minimum Gasteiger partial charge on any atom is -0.497 e. The van der Waals surface area contributed by atoms with E-state index in [1.807, 2.05) is 30.3 Å². The molecular weight excluding hydrogens is 388 g/mol. The van der Waals surface area contributed by atoms with E-state index in [2.05, 4.69) is 10.3 Å². The number of hydrogen-bond acceptors (Lipinski definition) is 4. The second kappa shape index (κ2) is 8.20. The quantitative estimate of drug-likeness (QED) is 0.448. The Bertz CT molecular complexity index is 1150. The van der Waals surface area contributed by atoms with Crippen LogP contribution >= 0.6 is 11.6 Å². The van der Waals surface area contributed by atoms with Crippen LogP contribution in [-0.4, -0.2) is 18.0 Å². The molecular formula is C23H17ClN2O3. The summed E-state index contributed by atoms with van der Waals surface area (Å²) in [6, 6.07) is 21.6. The van der Waals surface area contributed by atoms with Gasteiger partial charge in [-0.3, -0.25) is 4.79 Å². The van der Waals surface area contributed by atoms with Gasteiger partial charge in [-0.05, 0) is 48.5 Å². The minimum atomic E-state index is -0.264. The molecule has 0 saturated heterocycles. The van der Waals surface area contributed by atoms with Gasteiger partial charge in [0.05, 0.1) is 18.9 Å². The molecule has 0 unspecified atom stereocenters. The van der Waals surface area contributed by atoms with E-state index in [9.17, 15) is 4.79 Å². The topological polar surface area (TPSA) is 64.4 Å². The van der Waals surface area contributed by atoms with E-state index in [0.717, 1.165) is 5.56 Å². The Morgan fingerprint density at radius 2 is 1.83 bits per heavy atom. The first-order valence-electron chi connectivity index (χ1n) is 8.90. The Kier molecular flexibility index (Phi) is 5.31. The van der Waals surface area contributed by atoms with E-state index < -0.39 is 0 Å². The van der Waals surface area contributed by atoms with E-state index >= 15 is 0 Å². The lowest BCUT2D eigenvalue weighted by Gasteiger charge is -2.09. The summed E-state index contributed by atoms with van der Waals surface area (Å²) in [5.41, 5.74) is 2.55. The van der Waals surface area contributed by atoms with Crippen LogP contribution in [0.2, 0.25) is 5.02 Å². The van der Waals surface area contributed by atoms with Gasteiger partial charge in [0.25, 0.3) is 5.91 Å². The van der Waals surface area contributed by atoms with Crippen LogP contribution in [0.3, 0.4) is 0 Å². The van der Waals surface area contributed by atoms with Gasteiger partial charge >= 0.3 is 0 Å². The van der Waals surface area contributed by atoms with Crippen molar-refractivity contribution in [3.8, 4) is 28.5 Å². The molecule has 144 valence electrons. The number of anilines is 1. The summed E-state index contributed by atoms with van der Waals surface area (Å²) in [4.78, 5) is 17.2. The number of aromatic nitrogens is 1. The Morgan fingerprint density at radius 1 is 1.03 bits per heavy atom. The van der Waals surface area contributed by atoms with Crippen molar-refractivity contribution in [2.45, 2.75) is 0 Å². The predicted octanol–water partition coefficient (Wildman–Crippen LogP) is 5.92. The average molecular weight is 405 g/mol. The number of nitrogens with one attached hydrogen (secondary N) is 1. The number of nitrogens with zero attached hydrogens (tertiary/aromatic N) is 1. The fraction of sp³-hybridized carbons (Fsp3) is 0.0435. The normalized spacial score (nSPS) is 10.6. The molecule has 4 rings (SSSR count). The van der Waals surface area contributed by atoms with E-state index in [-0.39, 0.29) is 5.91 Å². The predicted molar refractivity (Wildman–Crippen MR) is 113 cm³/mol. The number of ether oxygens (including phenoxy) is 1. The lowest BCUT2D eigenvalue weighted by molar-refractivity contribution is 0.102. The first-order chi connectivity index (χ1) is 14.1. The van der Waals surface area contributed by atoms with Crippen LogP contribution in [0.25, 0.3) is 22.8 Å². The Labute approximate surface area is 172 Å². The number of amides is 1. The first kappa shape index (κ1) is 18.8. The third-order valence-corrected chi connectivity index (χ3v) is 4.62. The molecule has 0 spiro atoms. The Morgan fingerprint density at radius 3 is 2.62 bits per heavy atom. The fourth-order valence-corrected chi connectivity index (χ4v) is 3.04. The van der Waals surface area contributed by atoms with Crippen molar-refractivity contribution in [1.82, 2.24) is 4.98 Å². The highest BCUT2D eigenvalue weighted by Gasteiger charge is 2.17. The van der Waals surface area contributed by atoms with Gasteiger partial charge in [0.1, 0.15) is 5.75 Å². The zero-order valence-electron chi connectivity index (χ0n) is 15.6. The minimum absolute atomic E-state index is 0.264. The van der Waals surface area contributed by atoms with Crippen molar-refractivity contribution in [2.75, 3.05) is 12.4 Å². The van der Waals surface area contributed by atoms with Crippen LogP contribution in [0.4, 0.5) is 5.69 Å². The number of hydrogen-bond donors (Lipinski definition) is 1. The number of halogens is 1. The molecule has 0 atom stereocenters. The van der Waals surface area contributed by atoms with Crippen LogP contribution in [0.15, 0.2) is 83.4 Å². The number of methoxy groups -OCH3 is 1. The van der Waals surface area contributed by atoms with Crippen molar-refractivity contribution in [3.63, 3.8) is 0 Å². The third-order valence-electron chi connectivity index (χ3n) is 4.36. The Balaban J connectivity index is 1.63. The molecule has 0 fully saturated rings. The van der Waals surface area contributed by atoms with Gasteiger partial charge in [0.2, 0.25) is 5.89 Å². The standard InChI is InChI=1S/C23H17ClN2O3/c1-28-18-6-4-5-17(13-18)26-22(27)19-7-2-3-8-20(19)23-25-14-21(29-23)15-9-11-16(24)12-10-15/h2-14H,1H3,(H,26,27). The van der Waals surface area contributed by atoms with E-state index in [1.54, 1.807) is 55.8 Å². The molecule has 0 saturated carbocycles. The zero-order chi connectivity index (χ0) is 20.2. The lowest BCUT2D eigenvalue weighted by Crippen LogP contribution is -2.13. The molecule has 0 radical (unpaired) electrons. The van der Waals surface area contributed by atoms with Crippen LogP contribution < -0.4 is 10.1 Å². The van der Waals surface area contributed by atoms with Gasteiger partial charge < -0.3 is 14.5 Å². The van der Waals surface area contributed by atoms with E-state index in [0.29, 0.717) is 39.2 Å². The molecule has 0 aliphatic heterocycles. The summed E-state index contributed by atoms with van der Waals surface area (Å²) in [5.74, 6) is 1.36. The van der Waals surface area contributed by atoms with Gasteiger partial charge in [-0.2, -0.15) is 0 Å². The summed E-state index contributed by atoms with van der Waals surface area (Å²) in [6.45, 7) is 0. The number of carbonyl (C=O) groups excluding carboxylic acids is 1. The number of benzene rings is 3. The number of rotatable bonds is 5. The average Bonchev–Trinajstić information content (AvgIpc) is 3.24. The number of oxazole rings is 1. The van der Waals surface area contributed by atoms with Gasteiger partial charge in [-0.25, -0.2) is 4.98 Å².